The van der Waals surface area contributed by atoms with Gasteiger partial charge in [0.25, 0.3) is 0 Å². The third kappa shape index (κ3) is 6.35. The van der Waals surface area contributed by atoms with Gasteiger partial charge in [-0.2, -0.15) is 0 Å². The molecule has 0 radical (unpaired) electrons. The van der Waals surface area contributed by atoms with Crippen LogP contribution < -0.4 is 0 Å². The highest BCUT2D eigenvalue weighted by Crippen LogP contribution is 2.40. The number of hydrogen-bond donors (Lipinski definition) is 0. The van der Waals surface area contributed by atoms with Crippen LogP contribution in [0, 0.1) is 0 Å². The molecule has 10 rings (SSSR count). The smallest absolute Gasteiger partial charge is 0.164 e. The highest BCUT2D eigenvalue weighted by Gasteiger charge is 2.18. The first-order valence-electron chi connectivity index (χ1n) is 18.2. The fourth-order valence-corrected chi connectivity index (χ4v) is 8.20. The minimum absolute atomic E-state index is 0.620. The summed E-state index contributed by atoms with van der Waals surface area (Å²) in [5, 5.41) is 2.37. The lowest BCUT2D eigenvalue weighted by atomic mass is 9.99. The molecule has 5 nitrogen and oxygen atoms in total. The molecule has 6 heteroatoms. The van der Waals surface area contributed by atoms with Crippen molar-refractivity contribution in [1.82, 2.24) is 24.9 Å². The highest BCUT2D eigenvalue weighted by molar-refractivity contribution is 7.25. The summed E-state index contributed by atoms with van der Waals surface area (Å²) in [7, 11) is 0. The molecule has 0 aliphatic carbocycles. The Kier molecular flexibility index (Phi) is 8.28. The van der Waals surface area contributed by atoms with Gasteiger partial charge in [-0.15, -0.1) is 11.3 Å². The van der Waals surface area contributed by atoms with Crippen LogP contribution in [-0.4, -0.2) is 24.9 Å². The van der Waals surface area contributed by atoms with Gasteiger partial charge in [0.1, 0.15) is 0 Å². The molecule has 0 saturated heterocycles. The number of nitrogens with zero attached hydrogens (tertiary/aromatic N) is 5. The maximum absolute atomic E-state index is 5.18. The molecular formula is C49H31N5S. The monoisotopic (exact) mass is 721 g/mol. The van der Waals surface area contributed by atoms with Crippen molar-refractivity contribution in [3.63, 3.8) is 0 Å². The molecule has 7 aromatic carbocycles. The normalized spacial score (nSPS) is 11.3. The molecule has 0 bridgehead atoms. The highest BCUT2D eigenvalue weighted by atomic mass is 32.1. The summed E-state index contributed by atoms with van der Waals surface area (Å²) in [6.45, 7) is 0. The predicted molar refractivity (Wildman–Crippen MR) is 226 cm³/mol. The van der Waals surface area contributed by atoms with Crippen LogP contribution in [0.15, 0.2) is 188 Å². The summed E-state index contributed by atoms with van der Waals surface area (Å²) in [5.74, 6) is 2.60. The van der Waals surface area contributed by atoms with Crippen molar-refractivity contribution in [3.8, 4) is 79.2 Å². The van der Waals surface area contributed by atoms with Crippen LogP contribution in [0.2, 0.25) is 0 Å². The van der Waals surface area contributed by atoms with Crippen LogP contribution in [0.3, 0.4) is 0 Å². The van der Waals surface area contributed by atoms with E-state index in [2.05, 4.69) is 121 Å². The van der Waals surface area contributed by atoms with Crippen LogP contribution in [0.5, 0.6) is 0 Å². The molecular weight excluding hydrogens is 691 g/mol. The van der Waals surface area contributed by atoms with Crippen molar-refractivity contribution < 1.29 is 0 Å². The van der Waals surface area contributed by atoms with E-state index < -0.39 is 0 Å². The maximum Gasteiger partial charge on any atom is 0.164 e. The Bertz CT molecular complexity index is 2920. The first-order chi connectivity index (χ1) is 27.2. The molecule has 0 aliphatic heterocycles. The summed E-state index contributed by atoms with van der Waals surface area (Å²) >= 11 is 1.79. The molecule has 0 amide bonds. The number of benzene rings is 7. The average molecular weight is 722 g/mol. The minimum atomic E-state index is 0.620. The van der Waals surface area contributed by atoms with E-state index in [0.717, 1.165) is 55.9 Å². The molecule has 3 heterocycles. The van der Waals surface area contributed by atoms with Crippen LogP contribution >= 0.6 is 11.3 Å². The lowest BCUT2D eigenvalue weighted by molar-refractivity contribution is 1.08. The van der Waals surface area contributed by atoms with Crippen molar-refractivity contribution >= 4 is 31.5 Å². The summed E-state index contributed by atoms with van der Waals surface area (Å²) in [6.07, 6.45) is 0. The summed E-state index contributed by atoms with van der Waals surface area (Å²) in [6, 6.07) is 64.5. The van der Waals surface area contributed by atoms with E-state index in [9.17, 15) is 0 Å². The molecule has 258 valence electrons. The van der Waals surface area contributed by atoms with Crippen molar-refractivity contribution in [3.05, 3.63) is 188 Å². The zero-order valence-electron chi connectivity index (χ0n) is 29.5. The fourth-order valence-electron chi connectivity index (χ4n) is 7.07. The van der Waals surface area contributed by atoms with E-state index in [4.69, 9.17) is 24.9 Å². The van der Waals surface area contributed by atoms with Gasteiger partial charge in [-0.3, -0.25) is 0 Å². The molecule has 0 aliphatic rings. The standard InChI is InChI=1S/C49H31N5S/c1-4-15-32(16-5-1)41-31-42(51-46(50-41)33-17-6-2-7-18-33)37-23-12-21-35(29-37)36-22-13-24-38(30-36)48-52-47(34-19-8-3-9-20-34)53-49(54-48)40-26-14-28-44-45(40)39-25-10-11-27-43(39)55-44/h1-31H. The van der Waals surface area contributed by atoms with Gasteiger partial charge in [-0.1, -0.05) is 158 Å². The van der Waals surface area contributed by atoms with Crippen molar-refractivity contribution in [2.45, 2.75) is 0 Å². The molecule has 0 unspecified atom stereocenters. The van der Waals surface area contributed by atoms with Crippen molar-refractivity contribution in [2.75, 3.05) is 0 Å². The number of aromatic nitrogens is 5. The number of thiophene rings is 1. The summed E-state index contributed by atoms with van der Waals surface area (Å²) in [5.41, 5.74) is 9.71. The third-order valence-electron chi connectivity index (χ3n) is 9.75. The summed E-state index contributed by atoms with van der Waals surface area (Å²) in [4.78, 5) is 25.4. The Balaban J connectivity index is 1.08. The van der Waals surface area contributed by atoms with E-state index in [0.29, 0.717) is 23.3 Å². The summed E-state index contributed by atoms with van der Waals surface area (Å²) < 4.78 is 2.45. The molecule has 3 aromatic heterocycles. The Morgan fingerprint density at radius 1 is 0.291 bits per heavy atom. The second-order valence-corrected chi connectivity index (χ2v) is 14.4. The minimum Gasteiger partial charge on any atom is -0.228 e. The van der Waals surface area contributed by atoms with Crippen LogP contribution in [0.1, 0.15) is 0 Å². The maximum atomic E-state index is 5.18. The number of hydrogen-bond acceptors (Lipinski definition) is 6. The van der Waals surface area contributed by atoms with Gasteiger partial charge < -0.3 is 0 Å². The topological polar surface area (TPSA) is 64.5 Å². The SMILES string of the molecule is c1ccc(-c2cc(-c3cccc(-c4cccc(-c5nc(-c6ccccc6)nc(-c6cccc7sc8ccccc8c67)n5)c4)c3)nc(-c3ccccc3)n2)cc1. The van der Waals surface area contributed by atoms with Crippen molar-refractivity contribution in [2.24, 2.45) is 0 Å². The quantitative estimate of drug-likeness (QED) is 0.164. The second-order valence-electron chi connectivity index (χ2n) is 13.3. The zero-order valence-corrected chi connectivity index (χ0v) is 30.4. The Morgan fingerprint density at radius 3 is 1.44 bits per heavy atom. The lowest BCUT2D eigenvalue weighted by Gasteiger charge is -2.12. The largest absolute Gasteiger partial charge is 0.228 e. The van der Waals surface area contributed by atoms with Gasteiger partial charge in [0, 0.05) is 53.6 Å². The average Bonchev–Trinajstić information content (AvgIpc) is 3.66. The van der Waals surface area contributed by atoms with E-state index in [1.807, 2.05) is 66.7 Å². The Hall–Kier alpha value is -7.15. The Labute approximate surface area is 322 Å². The molecule has 10 aromatic rings. The van der Waals surface area contributed by atoms with Crippen molar-refractivity contribution in [1.29, 1.82) is 0 Å². The second kappa shape index (κ2) is 14.0. The van der Waals surface area contributed by atoms with Gasteiger partial charge in [-0.05, 0) is 41.5 Å². The molecule has 0 atom stereocenters. The molecule has 0 fully saturated rings. The van der Waals surface area contributed by atoms with E-state index in [1.165, 1.54) is 20.2 Å². The zero-order chi connectivity index (χ0) is 36.6. The van der Waals surface area contributed by atoms with Gasteiger partial charge >= 0.3 is 0 Å². The molecule has 0 spiro atoms. The molecule has 55 heavy (non-hydrogen) atoms. The Morgan fingerprint density at radius 2 is 0.745 bits per heavy atom. The lowest BCUT2D eigenvalue weighted by Crippen LogP contribution is -2.00. The first kappa shape index (κ1) is 32.5. The van der Waals surface area contributed by atoms with Gasteiger partial charge in [-0.25, -0.2) is 24.9 Å². The van der Waals surface area contributed by atoms with Crippen LogP contribution in [0.25, 0.3) is 99.4 Å². The number of rotatable bonds is 7. The van der Waals surface area contributed by atoms with Gasteiger partial charge in [0.2, 0.25) is 0 Å². The van der Waals surface area contributed by atoms with Gasteiger partial charge in [0.15, 0.2) is 23.3 Å². The predicted octanol–water partition coefficient (Wildman–Crippen LogP) is 12.7. The fraction of sp³-hybridized carbons (Fsp3) is 0. The first-order valence-corrected chi connectivity index (χ1v) is 19.0. The molecule has 0 N–H and O–H groups in total. The van der Waals surface area contributed by atoms with E-state index in [1.54, 1.807) is 11.3 Å². The van der Waals surface area contributed by atoms with Gasteiger partial charge in [0.05, 0.1) is 11.4 Å². The van der Waals surface area contributed by atoms with E-state index >= 15 is 0 Å². The molecule has 0 saturated carbocycles. The van der Waals surface area contributed by atoms with Crippen LogP contribution in [-0.2, 0) is 0 Å². The third-order valence-corrected chi connectivity index (χ3v) is 10.9. The van der Waals surface area contributed by atoms with E-state index in [-0.39, 0.29) is 0 Å². The van der Waals surface area contributed by atoms with Crippen LogP contribution in [0.4, 0.5) is 0 Å². The number of fused-ring (bicyclic) bond motifs is 3.